The molecule has 3 aromatic rings. The molecule has 28 heavy (non-hydrogen) atoms. The van der Waals surface area contributed by atoms with Crippen molar-refractivity contribution in [2.45, 2.75) is 6.92 Å². The van der Waals surface area contributed by atoms with Crippen LogP contribution in [0.2, 0.25) is 0 Å². The van der Waals surface area contributed by atoms with Gasteiger partial charge in [0.2, 0.25) is 0 Å². The van der Waals surface area contributed by atoms with Crippen LogP contribution in [0.1, 0.15) is 5.82 Å². The highest BCUT2D eigenvalue weighted by atomic mass is 19.2. The molecule has 0 radical (unpaired) electrons. The Bertz CT molecular complexity index is 936. The first kappa shape index (κ1) is 19.3. The molecule has 0 saturated heterocycles. The van der Waals surface area contributed by atoms with Crippen LogP contribution in [0, 0.1) is 18.6 Å². The zero-order chi connectivity index (χ0) is 19.9. The van der Waals surface area contributed by atoms with E-state index >= 15 is 0 Å². The van der Waals surface area contributed by atoms with Crippen molar-refractivity contribution in [1.82, 2.24) is 9.97 Å². The molecule has 0 aliphatic heterocycles. The van der Waals surface area contributed by atoms with Crippen molar-refractivity contribution in [3.8, 4) is 11.5 Å². The van der Waals surface area contributed by atoms with Crippen LogP contribution in [-0.4, -0.2) is 30.2 Å². The minimum absolute atomic E-state index is 0.394. The molecule has 0 saturated carbocycles. The van der Waals surface area contributed by atoms with E-state index in [1.807, 2.05) is 24.3 Å². The molecule has 0 unspecified atom stereocenters. The molecule has 3 rings (SSSR count). The van der Waals surface area contributed by atoms with Crippen molar-refractivity contribution in [2.75, 3.05) is 30.9 Å². The SMILES string of the molecule is COc1ccc(OCCNc2cc(Nc3ccc(F)c(F)c3)nc(C)n2)cc1. The summed E-state index contributed by atoms with van der Waals surface area (Å²) in [6.07, 6.45) is 0. The van der Waals surface area contributed by atoms with Crippen LogP contribution in [0.3, 0.4) is 0 Å². The summed E-state index contributed by atoms with van der Waals surface area (Å²) in [5.41, 5.74) is 0.394. The second-order valence-electron chi connectivity index (χ2n) is 5.89. The third kappa shape index (κ3) is 5.29. The summed E-state index contributed by atoms with van der Waals surface area (Å²) >= 11 is 0. The Labute approximate surface area is 161 Å². The number of nitrogens with one attached hydrogen (secondary N) is 2. The maximum Gasteiger partial charge on any atom is 0.160 e. The number of methoxy groups -OCH3 is 1. The third-order valence-electron chi connectivity index (χ3n) is 3.77. The van der Waals surface area contributed by atoms with Gasteiger partial charge in [0.15, 0.2) is 11.6 Å². The minimum atomic E-state index is -0.926. The zero-order valence-electron chi connectivity index (χ0n) is 15.5. The van der Waals surface area contributed by atoms with Crippen molar-refractivity contribution >= 4 is 17.3 Å². The molecule has 6 nitrogen and oxygen atoms in total. The van der Waals surface area contributed by atoms with Gasteiger partial charge in [-0.25, -0.2) is 18.7 Å². The van der Waals surface area contributed by atoms with Gasteiger partial charge in [0.1, 0.15) is 35.6 Å². The van der Waals surface area contributed by atoms with Crippen molar-refractivity contribution < 1.29 is 18.3 Å². The molecule has 2 aromatic carbocycles. The predicted octanol–water partition coefficient (Wildman–Crippen LogP) is 4.31. The average Bonchev–Trinajstić information content (AvgIpc) is 2.68. The van der Waals surface area contributed by atoms with Gasteiger partial charge in [0.05, 0.1) is 13.7 Å². The summed E-state index contributed by atoms with van der Waals surface area (Å²) in [6.45, 7) is 2.70. The fourth-order valence-corrected chi connectivity index (χ4v) is 2.46. The Kier molecular flexibility index (Phi) is 6.21. The maximum atomic E-state index is 13.3. The lowest BCUT2D eigenvalue weighted by Gasteiger charge is -2.11. The quantitative estimate of drug-likeness (QED) is 0.563. The molecule has 0 bridgehead atoms. The molecule has 0 fully saturated rings. The van der Waals surface area contributed by atoms with Gasteiger partial charge in [-0.2, -0.15) is 0 Å². The Balaban J connectivity index is 1.55. The maximum absolute atomic E-state index is 13.3. The summed E-state index contributed by atoms with van der Waals surface area (Å²) < 4.78 is 37.1. The Morgan fingerprint density at radius 2 is 1.61 bits per heavy atom. The Morgan fingerprint density at radius 3 is 2.32 bits per heavy atom. The van der Waals surface area contributed by atoms with E-state index in [4.69, 9.17) is 9.47 Å². The lowest BCUT2D eigenvalue weighted by molar-refractivity contribution is 0.331. The summed E-state index contributed by atoms with van der Waals surface area (Å²) in [5.74, 6) is 1.28. The van der Waals surface area contributed by atoms with Crippen LogP contribution in [-0.2, 0) is 0 Å². The minimum Gasteiger partial charge on any atom is -0.497 e. The number of hydrogen-bond donors (Lipinski definition) is 2. The summed E-state index contributed by atoms with van der Waals surface area (Å²) in [7, 11) is 1.61. The lowest BCUT2D eigenvalue weighted by atomic mass is 10.3. The van der Waals surface area contributed by atoms with Crippen molar-refractivity contribution in [2.24, 2.45) is 0 Å². The second-order valence-corrected chi connectivity index (χ2v) is 5.89. The molecule has 8 heteroatoms. The fourth-order valence-electron chi connectivity index (χ4n) is 2.46. The molecule has 0 aliphatic rings. The fraction of sp³-hybridized carbons (Fsp3) is 0.200. The number of hydrogen-bond acceptors (Lipinski definition) is 6. The highest BCUT2D eigenvalue weighted by Gasteiger charge is 2.06. The summed E-state index contributed by atoms with van der Waals surface area (Å²) in [5, 5.41) is 6.09. The Hall–Kier alpha value is -3.42. The van der Waals surface area contributed by atoms with Gasteiger partial charge in [0.25, 0.3) is 0 Å². The highest BCUT2D eigenvalue weighted by molar-refractivity contribution is 5.59. The molecular weight excluding hydrogens is 366 g/mol. The van der Waals surface area contributed by atoms with Gasteiger partial charge in [-0.3, -0.25) is 0 Å². The van der Waals surface area contributed by atoms with E-state index in [2.05, 4.69) is 20.6 Å². The van der Waals surface area contributed by atoms with Gasteiger partial charge in [-0.05, 0) is 43.3 Å². The number of nitrogens with zero attached hydrogens (tertiary/aromatic N) is 2. The van der Waals surface area contributed by atoms with Crippen LogP contribution in [0.4, 0.5) is 26.1 Å². The topological polar surface area (TPSA) is 68.3 Å². The average molecular weight is 386 g/mol. The third-order valence-corrected chi connectivity index (χ3v) is 3.77. The van der Waals surface area contributed by atoms with E-state index in [1.165, 1.54) is 6.07 Å². The Morgan fingerprint density at radius 1 is 0.893 bits per heavy atom. The molecule has 2 N–H and O–H groups in total. The van der Waals surface area contributed by atoms with E-state index in [0.717, 1.165) is 23.6 Å². The second kappa shape index (κ2) is 8.98. The van der Waals surface area contributed by atoms with Gasteiger partial charge in [0, 0.05) is 17.8 Å². The molecule has 1 heterocycles. The predicted molar refractivity (Wildman–Crippen MR) is 103 cm³/mol. The van der Waals surface area contributed by atoms with Gasteiger partial charge < -0.3 is 20.1 Å². The zero-order valence-corrected chi connectivity index (χ0v) is 15.5. The van der Waals surface area contributed by atoms with Crippen molar-refractivity contribution in [3.05, 3.63) is 66.0 Å². The number of rotatable bonds is 8. The molecule has 0 atom stereocenters. The van der Waals surface area contributed by atoms with Crippen molar-refractivity contribution in [3.63, 3.8) is 0 Å². The first-order valence-corrected chi connectivity index (χ1v) is 8.62. The monoisotopic (exact) mass is 386 g/mol. The highest BCUT2D eigenvalue weighted by Crippen LogP contribution is 2.20. The first-order chi connectivity index (χ1) is 13.5. The van der Waals surface area contributed by atoms with E-state index < -0.39 is 11.6 Å². The number of halogens is 2. The normalized spacial score (nSPS) is 10.4. The summed E-state index contributed by atoms with van der Waals surface area (Å²) in [4.78, 5) is 8.56. The van der Waals surface area contributed by atoms with Crippen LogP contribution < -0.4 is 20.1 Å². The van der Waals surface area contributed by atoms with Crippen molar-refractivity contribution in [1.29, 1.82) is 0 Å². The smallest absolute Gasteiger partial charge is 0.160 e. The standard InChI is InChI=1S/C20H20F2N4O2/c1-13-24-19(23-9-10-28-16-6-4-15(27-2)5-7-16)12-20(25-13)26-14-3-8-17(21)18(22)11-14/h3-8,11-12H,9-10H2,1-2H3,(H2,23,24,25,26). The molecular formula is C20H20F2N4O2. The lowest BCUT2D eigenvalue weighted by Crippen LogP contribution is -2.13. The number of anilines is 3. The number of benzene rings is 2. The first-order valence-electron chi connectivity index (χ1n) is 8.62. The van der Waals surface area contributed by atoms with E-state index in [1.54, 1.807) is 20.1 Å². The van der Waals surface area contributed by atoms with Crippen LogP contribution in [0.25, 0.3) is 0 Å². The number of aryl methyl sites for hydroxylation is 1. The van der Waals surface area contributed by atoms with Gasteiger partial charge in [-0.15, -0.1) is 0 Å². The van der Waals surface area contributed by atoms with E-state index in [0.29, 0.717) is 36.3 Å². The number of ether oxygens (including phenoxy) is 2. The van der Waals surface area contributed by atoms with E-state index in [9.17, 15) is 8.78 Å². The van der Waals surface area contributed by atoms with Crippen LogP contribution >= 0.6 is 0 Å². The van der Waals surface area contributed by atoms with E-state index in [-0.39, 0.29) is 0 Å². The number of aromatic nitrogens is 2. The molecule has 146 valence electrons. The molecule has 0 aliphatic carbocycles. The van der Waals surface area contributed by atoms with Crippen LogP contribution in [0.5, 0.6) is 11.5 Å². The largest absolute Gasteiger partial charge is 0.497 e. The van der Waals surface area contributed by atoms with Gasteiger partial charge in [-0.1, -0.05) is 0 Å². The van der Waals surface area contributed by atoms with Crippen LogP contribution in [0.15, 0.2) is 48.5 Å². The molecule has 0 spiro atoms. The summed E-state index contributed by atoms with van der Waals surface area (Å²) in [6, 6.07) is 12.6. The van der Waals surface area contributed by atoms with Gasteiger partial charge >= 0.3 is 0 Å². The molecule has 1 aromatic heterocycles. The molecule has 0 amide bonds.